The highest BCUT2D eigenvalue weighted by Gasteiger charge is 2.16. The van der Waals surface area contributed by atoms with E-state index < -0.39 is 6.09 Å². The predicted molar refractivity (Wildman–Crippen MR) is 70.1 cm³/mol. The molecule has 7 nitrogen and oxygen atoms in total. The maximum Gasteiger partial charge on any atom is 0.411 e. The van der Waals surface area contributed by atoms with Crippen LogP contribution in [-0.4, -0.2) is 55.7 Å². The quantitative estimate of drug-likeness (QED) is 0.806. The molecule has 19 heavy (non-hydrogen) atoms. The third-order valence-corrected chi connectivity index (χ3v) is 2.97. The molecule has 0 aromatic carbocycles. The summed E-state index contributed by atoms with van der Waals surface area (Å²) in [5.41, 5.74) is 0.585. The Bertz CT molecular complexity index is 441. The highest BCUT2D eigenvalue weighted by molar-refractivity contribution is 5.84. The Hall–Kier alpha value is -2.31. The number of methoxy groups -OCH3 is 1. The second-order valence-corrected chi connectivity index (χ2v) is 4.15. The van der Waals surface area contributed by atoms with Crippen LogP contribution in [0.25, 0.3) is 0 Å². The zero-order chi connectivity index (χ0) is 13.7. The van der Waals surface area contributed by atoms with Crippen molar-refractivity contribution in [1.29, 1.82) is 0 Å². The van der Waals surface area contributed by atoms with Crippen LogP contribution in [0.2, 0.25) is 0 Å². The van der Waals surface area contributed by atoms with Crippen LogP contribution < -0.4 is 10.2 Å². The lowest BCUT2D eigenvalue weighted by Gasteiger charge is -2.33. The Morgan fingerprint density at radius 2 is 2.11 bits per heavy atom. The number of pyridine rings is 1. The van der Waals surface area contributed by atoms with Gasteiger partial charge in [0.2, 0.25) is 6.41 Å². The van der Waals surface area contributed by atoms with Crippen LogP contribution in [0.15, 0.2) is 18.3 Å². The second-order valence-electron chi connectivity index (χ2n) is 4.15. The Kier molecular flexibility index (Phi) is 4.17. The van der Waals surface area contributed by atoms with Gasteiger partial charge >= 0.3 is 6.09 Å². The van der Waals surface area contributed by atoms with Gasteiger partial charge in [0.25, 0.3) is 0 Å². The van der Waals surface area contributed by atoms with Gasteiger partial charge in [-0.05, 0) is 12.1 Å². The van der Waals surface area contributed by atoms with Crippen LogP contribution in [0.3, 0.4) is 0 Å². The zero-order valence-corrected chi connectivity index (χ0v) is 10.7. The molecule has 0 saturated carbocycles. The fourth-order valence-electron chi connectivity index (χ4n) is 1.87. The first-order chi connectivity index (χ1) is 9.22. The molecule has 1 saturated heterocycles. The topological polar surface area (TPSA) is 74.8 Å². The molecule has 1 aliphatic rings. The van der Waals surface area contributed by atoms with Crippen LogP contribution in [0.5, 0.6) is 0 Å². The molecule has 0 unspecified atom stereocenters. The number of nitrogens with one attached hydrogen (secondary N) is 1. The van der Waals surface area contributed by atoms with Crippen LogP contribution in [0.4, 0.5) is 16.3 Å². The molecule has 7 heteroatoms. The number of amides is 2. The molecule has 1 N–H and O–H groups in total. The van der Waals surface area contributed by atoms with E-state index in [2.05, 4.69) is 19.9 Å². The van der Waals surface area contributed by atoms with Crippen molar-refractivity contribution in [2.75, 3.05) is 43.5 Å². The average Bonchev–Trinajstić information content (AvgIpc) is 2.48. The molecule has 1 aliphatic heterocycles. The van der Waals surface area contributed by atoms with Crippen molar-refractivity contribution in [3.8, 4) is 0 Å². The maximum absolute atomic E-state index is 11.0. The molecule has 2 heterocycles. The molecule has 0 atom stereocenters. The minimum atomic E-state index is -0.519. The second kappa shape index (κ2) is 6.03. The van der Waals surface area contributed by atoms with E-state index in [1.165, 1.54) is 7.11 Å². The summed E-state index contributed by atoms with van der Waals surface area (Å²) < 4.78 is 4.50. The molecule has 102 valence electrons. The van der Waals surface area contributed by atoms with Gasteiger partial charge in [-0.25, -0.2) is 9.78 Å². The van der Waals surface area contributed by atoms with E-state index in [9.17, 15) is 9.59 Å². The highest BCUT2D eigenvalue weighted by atomic mass is 16.5. The summed E-state index contributed by atoms with van der Waals surface area (Å²) in [6, 6.07) is 3.60. The third-order valence-electron chi connectivity index (χ3n) is 2.97. The predicted octanol–water partition coefficient (Wildman–Crippen LogP) is 0.538. The van der Waals surface area contributed by atoms with E-state index in [0.717, 1.165) is 25.3 Å². The summed E-state index contributed by atoms with van der Waals surface area (Å²) in [5.74, 6) is 0.834. The SMILES string of the molecule is COC(=O)Nc1ccc(N2CCN(C=O)CC2)nc1. The minimum Gasteiger partial charge on any atom is -0.453 e. The number of hydrogen-bond acceptors (Lipinski definition) is 5. The van der Waals surface area contributed by atoms with Gasteiger partial charge in [-0.1, -0.05) is 0 Å². The summed E-state index contributed by atoms with van der Waals surface area (Å²) in [6.07, 6.45) is 1.93. The van der Waals surface area contributed by atoms with E-state index in [0.29, 0.717) is 18.8 Å². The van der Waals surface area contributed by atoms with Gasteiger partial charge in [-0.3, -0.25) is 10.1 Å². The highest BCUT2D eigenvalue weighted by Crippen LogP contribution is 2.15. The smallest absolute Gasteiger partial charge is 0.411 e. The molecule has 1 aromatic rings. The third kappa shape index (κ3) is 3.34. The number of hydrogen-bond donors (Lipinski definition) is 1. The lowest BCUT2D eigenvalue weighted by atomic mass is 10.3. The van der Waals surface area contributed by atoms with Gasteiger partial charge in [0, 0.05) is 26.2 Å². The van der Waals surface area contributed by atoms with Crippen molar-refractivity contribution >= 4 is 24.0 Å². The van der Waals surface area contributed by atoms with Crippen molar-refractivity contribution in [3.63, 3.8) is 0 Å². The normalized spacial score (nSPS) is 15.0. The number of anilines is 2. The number of piperazine rings is 1. The first-order valence-electron chi connectivity index (χ1n) is 5.98. The lowest BCUT2D eigenvalue weighted by molar-refractivity contribution is -0.118. The number of carbonyl (C=O) groups is 2. The lowest BCUT2D eigenvalue weighted by Crippen LogP contribution is -2.46. The van der Waals surface area contributed by atoms with Crippen LogP contribution in [0, 0.1) is 0 Å². The Morgan fingerprint density at radius 3 is 2.63 bits per heavy atom. The standard InChI is InChI=1S/C12H16N4O3/c1-19-12(18)14-10-2-3-11(13-8-10)16-6-4-15(9-17)5-7-16/h2-3,8-9H,4-7H2,1H3,(H,14,18). The molecule has 0 radical (unpaired) electrons. The molecule has 2 rings (SSSR count). The van der Waals surface area contributed by atoms with Gasteiger partial charge in [0.05, 0.1) is 19.0 Å². The molecular weight excluding hydrogens is 248 g/mol. The van der Waals surface area contributed by atoms with Gasteiger partial charge < -0.3 is 14.5 Å². The van der Waals surface area contributed by atoms with Crippen LogP contribution >= 0.6 is 0 Å². The monoisotopic (exact) mass is 264 g/mol. The summed E-state index contributed by atoms with van der Waals surface area (Å²) in [4.78, 5) is 29.8. The molecule has 1 aromatic heterocycles. The summed E-state index contributed by atoms with van der Waals surface area (Å²) in [6.45, 7) is 2.92. The van der Waals surface area contributed by atoms with Gasteiger partial charge in [-0.15, -0.1) is 0 Å². The number of rotatable bonds is 3. The van der Waals surface area contributed by atoms with Crippen molar-refractivity contribution < 1.29 is 14.3 Å². The molecule has 0 spiro atoms. The van der Waals surface area contributed by atoms with Gasteiger partial charge in [0.15, 0.2) is 0 Å². The Balaban J connectivity index is 1.95. The number of nitrogens with zero attached hydrogens (tertiary/aromatic N) is 3. The van der Waals surface area contributed by atoms with E-state index in [4.69, 9.17) is 0 Å². The fourth-order valence-corrected chi connectivity index (χ4v) is 1.87. The van der Waals surface area contributed by atoms with E-state index in [1.54, 1.807) is 17.2 Å². The molecule has 2 amide bonds. The van der Waals surface area contributed by atoms with E-state index in [-0.39, 0.29) is 0 Å². The van der Waals surface area contributed by atoms with Gasteiger partial charge in [-0.2, -0.15) is 0 Å². The van der Waals surface area contributed by atoms with Crippen molar-refractivity contribution in [2.24, 2.45) is 0 Å². The number of aromatic nitrogens is 1. The van der Waals surface area contributed by atoms with Crippen molar-refractivity contribution in [3.05, 3.63) is 18.3 Å². The first-order valence-corrected chi connectivity index (χ1v) is 5.98. The van der Waals surface area contributed by atoms with E-state index >= 15 is 0 Å². The largest absolute Gasteiger partial charge is 0.453 e. The number of carbonyl (C=O) groups excluding carboxylic acids is 2. The van der Waals surface area contributed by atoms with Crippen LogP contribution in [0.1, 0.15) is 0 Å². The summed E-state index contributed by atoms with van der Waals surface area (Å²) in [7, 11) is 1.31. The summed E-state index contributed by atoms with van der Waals surface area (Å²) >= 11 is 0. The van der Waals surface area contributed by atoms with E-state index in [1.807, 2.05) is 6.07 Å². The zero-order valence-electron chi connectivity index (χ0n) is 10.7. The first kappa shape index (κ1) is 13.1. The molecule has 1 fully saturated rings. The molecule has 0 bridgehead atoms. The van der Waals surface area contributed by atoms with Crippen LogP contribution in [-0.2, 0) is 9.53 Å². The number of ether oxygens (including phenoxy) is 1. The van der Waals surface area contributed by atoms with Gasteiger partial charge in [0.1, 0.15) is 5.82 Å². The molecular formula is C12H16N4O3. The average molecular weight is 264 g/mol. The minimum absolute atomic E-state index is 0.519. The van der Waals surface area contributed by atoms with Crippen molar-refractivity contribution in [1.82, 2.24) is 9.88 Å². The van der Waals surface area contributed by atoms with Crippen molar-refractivity contribution in [2.45, 2.75) is 0 Å². The Labute approximate surface area is 111 Å². The molecule has 0 aliphatic carbocycles. The summed E-state index contributed by atoms with van der Waals surface area (Å²) in [5, 5.41) is 2.54. The Morgan fingerprint density at radius 1 is 1.37 bits per heavy atom. The fraction of sp³-hybridized carbons (Fsp3) is 0.417. The maximum atomic E-state index is 11.0.